The Morgan fingerprint density at radius 1 is 1.29 bits per heavy atom. The molecule has 0 aromatic rings. The van der Waals surface area contributed by atoms with Gasteiger partial charge in [0, 0.05) is 6.38 Å². The highest BCUT2D eigenvalue weighted by Gasteiger charge is 1.92. The minimum absolute atomic E-state index is 1.47. The van der Waals surface area contributed by atoms with Crippen LogP contribution in [0.15, 0.2) is 0 Å². The van der Waals surface area contributed by atoms with Gasteiger partial charge in [0.2, 0.25) is 0 Å². The van der Waals surface area contributed by atoms with E-state index in [1.807, 2.05) is 0 Å². The molecule has 0 aliphatic rings. The summed E-state index contributed by atoms with van der Waals surface area (Å²) in [5.41, 5.74) is 0. The van der Waals surface area contributed by atoms with Gasteiger partial charge in [0.25, 0.3) is 0 Å². The molecule has 0 aromatic heterocycles. The summed E-state index contributed by atoms with van der Waals surface area (Å²) < 4.78 is 0. The van der Waals surface area contributed by atoms with Gasteiger partial charge in [-0.05, 0) is 11.8 Å². The number of alkyl halides is 1. The molecular weight excluding hydrogens is 159 g/mol. The van der Waals surface area contributed by atoms with Crippen LogP contribution in [0.25, 0.3) is 0 Å². The van der Waals surface area contributed by atoms with Crippen molar-refractivity contribution in [3.8, 4) is 0 Å². The second kappa shape index (κ2) is 4.97. The average molecular weight is 165 g/mol. The molecule has 3 nitrogen and oxygen atoms in total. The van der Waals surface area contributed by atoms with E-state index < -0.39 is 6.72 Å². The topological polar surface area (TPSA) is 60.7 Å². The molecule has 3 N–H and O–H groups in total. The molecule has 0 saturated carbocycles. The molecule has 6 heteroatoms. The highest BCUT2D eigenvalue weighted by molar-refractivity contribution is 8.06. The molecule has 0 radical (unpaired) electrons. The van der Waals surface area contributed by atoms with Crippen molar-refractivity contribution in [2.24, 2.45) is 0 Å². The number of rotatable bonds is 0. The number of hydrogen-bond acceptors (Lipinski definition) is 1. The fraction of sp³-hybridized carbons (Fsp3) is 1.00. The van der Waals surface area contributed by atoms with Crippen LogP contribution in [0, 0.1) is 0 Å². The van der Waals surface area contributed by atoms with E-state index in [1.54, 1.807) is 0 Å². The largest absolute Gasteiger partial charge is 0.325 e. The summed E-state index contributed by atoms with van der Waals surface area (Å²) in [7, 11) is 0. The lowest BCUT2D eigenvalue weighted by Crippen LogP contribution is -1.65. The van der Waals surface area contributed by atoms with Crippen molar-refractivity contribution in [2.75, 3.05) is 6.38 Å². The lowest BCUT2D eigenvalue weighted by atomic mass is 12.0. The molecule has 0 aliphatic heterocycles. The van der Waals surface area contributed by atoms with Crippen molar-refractivity contribution in [3.63, 3.8) is 0 Å². The summed E-state index contributed by atoms with van der Waals surface area (Å²) in [6.45, 7) is -3.81. The molecule has 0 fully saturated rings. The van der Waals surface area contributed by atoms with E-state index in [-0.39, 0.29) is 0 Å². The monoisotopic (exact) mass is 164 g/mol. The molecule has 0 atom stereocenters. The van der Waals surface area contributed by atoms with Gasteiger partial charge in [-0.1, -0.05) is 0 Å². The third-order valence-corrected chi connectivity index (χ3v) is 0. The van der Waals surface area contributed by atoms with E-state index in [9.17, 15) is 0 Å². The Morgan fingerprint density at radius 3 is 1.29 bits per heavy atom. The second-order valence-corrected chi connectivity index (χ2v) is 3.01. The summed E-state index contributed by atoms with van der Waals surface area (Å²) in [6.07, 6.45) is 1.47. The van der Waals surface area contributed by atoms with Crippen molar-refractivity contribution in [2.45, 2.75) is 0 Å². The maximum atomic E-state index is 7.56. The highest BCUT2D eigenvalue weighted by Crippen LogP contribution is 2.26. The minimum Gasteiger partial charge on any atom is -0.325 e. The summed E-state index contributed by atoms with van der Waals surface area (Å²) >= 11 is 8.24. The molecule has 0 heterocycles. The van der Waals surface area contributed by atoms with Crippen LogP contribution in [0.3, 0.4) is 0 Å². The van der Waals surface area contributed by atoms with Crippen LogP contribution in [0.5, 0.6) is 0 Å². The van der Waals surface area contributed by atoms with Crippen LogP contribution in [-0.2, 0) is 11.8 Å². The first kappa shape index (κ1) is 10.7. The molecule has 0 bridgehead atoms. The fourth-order valence-electron chi connectivity index (χ4n) is 0. The van der Waals surface area contributed by atoms with E-state index in [4.69, 9.17) is 14.7 Å². The summed E-state index contributed by atoms with van der Waals surface area (Å²) in [5, 5.41) is 0. The van der Waals surface area contributed by atoms with Crippen LogP contribution in [0.2, 0.25) is 0 Å². The molecule has 0 unspecified atom stereocenters. The molecule has 46 valence electrons. The first-order valence-corrected chi connectivity index (χ1v) is 4.58. The Hall–Kier alpha value is 0.820. The molecule has 0 amide bonds. The molecule has 7 heavy (non-hydrogen) atoms. The lowest BCUT2D eigenvalue weighted by molar-refractivity contribution is 0.363. The normalized spacial score (nSPS) is 9.29. The second-order valence-electron chi connectivity index (χ2n) is 0.513. The van der Waals surface area contributed by atoms with Crippen molar-refractivity contribution < 1.29 is 14.7 Å². The third kappa shape index (κ3) is 236. The molecule has 0 saturated heterocycles. The predicted octanol–water partition coefficient (Wildman–Crippen LogP) is 0.0428. The summed E-state index contributed by atoms with van der Waals surface area (Å²) in [4.78, 5) is 22.7. The van der Waals surface area contributed by atoms with E-state index in [0.29, 0.717) is 0 Å². The van der Waals surface area contributed by atoms with Crippen molar-refractivity contribution in [1.29, 1.82) is 0 Å². The van der Waals surface area contributed by atoms with Crippen LogP contribution in [0.1, 0.15) is 0 Å². The zero-order valence-electron chi connectivity index (χ0n) is 3.58. The number of hydrogen-bond donors (Lipinski definition) is 3. The summed E-state index contributed by atoms with van der Waals surface area (Å²) in [5.74, 6) is 0. The van der Waals surface area contributed by atoms with Gasteiger partial charge in [-0.25, -0.2) is 0 Å². The van der Waals surface area contributed by atoms with Crippen LogP contribution < -0.4 is 0 Å². The number of halogens is 1. The third-order valence-electron chi connectivity index (χ3n) is 0. The van der Waals surface area contributed by atoms with Gasteiger partial charge in [0.1, 0.15) is 0 Å². The van der Waals surface area contributed by atoms with Crippen molar-refractivity contribution >= 4 is 30.1 Å². The lowest BCUT2D eigenvalue weighted by Gasteiger charge is -1.88. The average Bonchev–Trinajstić information content (AvgIpc) is 1.36. The van der Waals surface area contributed by atoms with Gasteiger partial charge in [-0.3, -0.25) is 0 Å². The Labute approximate surface area is 51.8 Å². The Balaban J connectivity index is 0. The fourth-order valence-corrected chi connectivity index (χ4v) is 0. The van der Waals surface area contributed by atoms with E-state index in [2.05, 4.69) is 23.4 Å². The molecule has 0 aromatic carbocycles. The Kier molecular flexibility index (Phi) is 7.62. The maximum absolute atomic E-state index is 7.56. The maximum Gasteiger partial charge on any atom is 0.319 e. The standard InChI is InChI=1S/CH3Cl.H3O3PS/c1-2;1-4(2,3)5/h1H3;(H3,1,2,3,5). The molecule has 0 rings (SSSR count). The Bertz CT molecular complexity index is 61.1. The van der Waals surface area contributed by atoms with Crippen LogP contribution in [0.4, 0.5) is 0 Å². The van der Waals surface area contributed by atoms with Gasteiger partial charge in [-0.2, -0.15) is 0 Å². The van der Waals surface area contributed by atoms with Gasteiger partial charge in [0.15, 0.2) is 0 Å². The minimum atomic E-state index is -3.81. The van der Waals surface area contributed by atoms with E-state index in [1.165, 1.54) is 6.38 Å². The van der Waals surface area contributed by atoms with Gasteiger partial charge in [0.05, 0.1) is 0 Å². The predicted molar refractivity (Wildman–Crippen MR) is 32.7 cm³/mol. The van der Waals surface area contributed by atoms with E-state index >= 15 is 0 Å². The summed E-state index contributed by atoms with van der Waals surface area (Å²) in [6, 6.07) is 0. The zero-order chi connectivity index (χ0) is 6.50. The highest BCUT2D eigenvalue weighted by atomic mass is 35.5. The van der Waals surface area contributed by atoms with Gasteiger partial charge >= 0.3 is 6.72 Å². The van der Waals surface area contributed by atoms with Crippen LogP contribution >= 0.6 is 18.3 Å². The van der Waals surface area contributed by atoms with Gasteiger partial charge in [-0.15, -0.1) is 11.6 Å². The molecule has 0 aliphatic carbocycles. The first-order chi connectivity index (χ1) is 3.00. The quantitative estimate of drug-likeness (QED) is 0.350. The van der Waals surface area contributed by atoms with E-state index in [0.717, 1.165) is 0 Å². The van der Waals surface area contributed by atoms with Crippen LogP contribution in [-0.4, -0.2) is 21.1 Å². The molecule has 0 spiro atoms. The SMILES string of the molecule is CCl.OP(O)(O)=S. The van der Waals surface area contributed by atoms with Crippen molar-refractivity contribution in [1.82, 2.24) is 0 Å². The zero-order valence-corrected chi connectivity index (χ0v) is 6.04. The first-order valence-electron chi connectivity index (χ1n) is 1.16. The van der Waals surface area contributed by atoms with Gasteiger partial charge < -0.3 is 14.7 Å². The smallest absolute Gasteiger partial charge is 0.319 e. The molecular formula is CH6ClO3PS. The van der Waals surface area contributed by atoms with Crippen molar-refractivity contribution in [3.05, 3.63) is 0 Å². The Morgan fingerprint density at radius 2 is 1.29 bits per heavy atom.